The lowest BCUT2D eigenvalue weighted by molar-refractivity contribution is 1.08. The minimum atomic E-state index is -0.274. The van der Waals surface area contributed by atoms with Crippen molar-refractivity contribution in [3.05, 3.63) is 0 Å². The van der Waals surface area contributed by atoms with Crippen LogP contribution in [0.25, 0.3) is 0 Å². The van der Waals surface area contributed by atoms with E-state index in [1.54, 1.807) is 0 Å². The predicted molar refractivity (Wildman–Crippen MR) is 32.4 cm³/mol. The molecule has 0 aliphatic carbocycles. The summed E-state index contributed by atoms with van der Waals surface area (Å²) in [7, 11) is 6.71. The average Bonchev–Trinajstić information content (AvgIpc) is 1.35. The first kappa shape index (κ1) is 6.65. The van der Waals surface area contributed by atoms with Crippen LogP contribution in [-0.2, 0) is 0 Å². The zero-order valence-electron chi connectivity index (χ0n) is 3.91. The van der Waals surface area contributed by atoms with Gasteiger partial charge in [-0.2, -0.15) is 0 Å². The van der Waals surface area contributed by atoms with Crippen LogP contribution in [0.15, 0.2) is 0 Å². The molecular weight excluding hydrogens is 120 g/mol. The maximum Gasteiger partial charge on any atom is 0.0144 e. The number of rotatable bonds is 2. The van der Waals surface area contributed by atoms with Gasteiger partial charge in [0.25, 0.3) is 0 Å². The molecule has 0 aliphatic rings. The number of hydrogen-bond acceptors (Lipinski definition) is 0. The van der Waals surface area contributed by atoms with Gasteiger partial charge in [-0.1, -0.05) is 19.4 Å². The van der Waals surface area contributed by atoms with Gasteiger partial charge in [-0.05, 0) is 0 Å². The summed E-state index contributed by atoms with van der Waals surface area (Å²) in [6.45, 7) is 2.19. The summed E-state index contributed by atoms with van der Waals surface area (Å²) in [5.74, 6) is 0. The Morgan fingerprint density at radius 3 is 2.00 bits per heavy atom. The summed E-state index contributed by atoms with van der Waals surface area (Å²) >= 11 is 0. The summed E-state index contributed by atoms with van der Waals surface area (Å²) in [6.07, 6.45) is 1.28. The van der Waals surface area contributed by atoms with Crippen molar-refractivity contribution in [1.82, 2.24) is 0 Å². The summed E-state index contributed by atoms with van der Waals surface area (Å²) in [5, 5.41) is 0. The molecule has 0 saturated heterocycles. The molecule has 0 aliphatic heterocycles. The Hall–Kier alpha value is 0.651. The summed E-state index contributed by atoms with van der Waals surface area (Å²) in [6, 6.07) is 1.30. The highest BCUT2D eigenvalue weighted by atomic mass is 29.5. The van der Waals surface area contributed by atoms with Gasteiger partial charge in [0.1, 0.15) is 0 Å². The lowest BCUT2D eigenvalue weighted by atomic mass is 10.6. The zero-order chi connectivity index (χ0) is 4.99. The van der Waals surface area contributed by atoms with Crippen LogP contribution in [0.5, 0.6) is 0 Å². The Labute approximate surface area is 47.4 Å². The first-order valence-electron chi connectivity index (χ1n) is 2.06. The third-order valence-electron chi connectivity index (χ3n) is 0.500. The van der Waals surface area contributed by atoms with Crippen LogP contribution in [0, 0.1) is 0 Å². The summed E-state index contributed by atoms with van der Waals surface area (Å²) in [5.41, 5.74) is 0. The van der Waals surface area contributed by atoms with E-state index in [-0.39, 0.29) is 7.83 Å². The Morgan fingerprint density at radius 2 is 2.00 bits per heavy atom. The monoisotopic (exact) mass is 127 g/mol. The third kappa shape index (κ3) is 4.65. The smallest absolute Gasteiger partial charge is 0.0144 e. The predicted octanol–water partition coefficient (Wildman–Crippen LogP) is 0.222. The second-order valence-corrected chi connectivity index (χ2v) is 7.81. The van der Waals surface area contributed by atoms with E-state index in [2.05, 4.69) is 26.4 Å². The standard InChI is InChI=1S/C3H7Si3/c1-2-3-6(4)5/h2-3H2,1H3. The van der Waals surface area contributed by atoms with Crippen LogP contribution in [0.2, 0.25) is 6.04 Å². The van der Waals surface area contributed by atoms with E-state index in [4.69, 9.17) is 0 Å². The molecule has 0 fully saturated rings. The van der Waals surface area contributed by atoms with Crippen LogP contribution in [0.1, 0.15) is 13.3 Å². The van der Waals surface area contributed by atoms with E-state index in [0.29, 0.717) is 0 Å². The van der Waals surface area contributed by atoms with Crippen LogP contribution in [0.4, 0.5) is 0 Å². The average molecular weight is 127 g/mol. The van der Waals surface area contributed by atoms with E-state index < -0.39 is 0 Å². The van der Waals surface area contributed by atoms with Crippen LogP contribution < -0.4 is 0 Å². The first-order chi connectivity index (χ1) is 2.77. The fourth-order valence-electron chi connectivity index (χ4n) is 0.250. The van der Waals surface area contributed by atoms with Crippen molar-refractivity contribution in [3.63, 3.8) is 0 Å². The molecule has 0 rings (SSSR count). The topological polar surface area (TPSA) is 0 Å². The zero-order valence-corrected chi connectivity index (χ0v) is 6.91. The van der Waals surface area contributed by atoms with Crippen molar-refractivity contribution in [2.75, 3.05) is 0 Å². The minimum absolute atomic E-state index is 0.274. The maximum atomic E-state index is 3.49. The maximum absolute atomic E-state index is 3.49. The van der Waals surface area contributed by atoms with Crippen LogP contribution in [-0.4, -0.2) is 27.4 Å². The molecule has 0 unspecified atom stereocenters. The van der Waals surface area contributed by atoms with E-state index in [1.807, 2.05) is 0 Å². The molecule has 0 bridgehead atoms. The van der Waals surface area contributed by atoms with E-state index in [1.165, 1.54) is 12.5 Å². The van der Waals surface area contributed by atoms with Gasteiger partial charge in [0.2, 0.25) is 0 Å². The van der Waals surface area contributed by atoms with Crippen molar-refractivity contribution in [1.29, 1.82) is 0 Å². The summed E-state index contributed by atoms with van der Waals surface area (Å²) < 4.78 is 0. The molecule has 7 radical (unpaired) electrons. The fraction of sp³-hybridized carbons (Fsp3) is 1.00. The van der Waals surface area contributed by atoms with Crippen molar-refractivity contribution in [2.45, 2.75) is 19.4 Å². The molecule has 31 valence electrons. The molecule has 0 nitrogen and oxygen atoms in total. The second-order valence-electron chi connectivity index (χ2n) is 1.23. The molecule has 0 atom stereocenters. The highest BCUT2D eigenvalue weighted by molar-refractivity contribution is 7.29. The van der Waals surface area contributed by atoms with Gasteiger partial charge in [0.05, 0.1) is 0 Å². The van der Waals surface area contributed by atoms with Gasteiger partial charge >= 0.3 is 0 Å². The van der Waals surface area contributed by atoms with E-state index >= 15 is 0 Å². The van der Waals surface area contributed by atoms with Crippen molar-refractivity contribution in [2.24, 2.45) is 0 Å². The fourth-order valence-corrected chi connectivity index (χ4v) is 2.25. The highest BCUT2D eigenvalue weighted by Gasteiger charge is 1.88. The quantitative estimate of drug-likeness (QED) is 0.466. The molecule has 3 heteroatoms. The molecule has 0 spiro atoms. The molecule has 0 aromatic carbocycles. The van der Waals surface area contributed by atoms with Crippen molar-refractivity contribution in [3.8, 4) is 0 Å². The number of hydrogen-bond donors (Lipinski definition) is 0. The normalized spacial score (nSPS) is 10.0. The van der Waals surface area contributed by atoms with E-state index in [0.717, 1.165) is 0 Å². The first-order valence-corrected chi connectivity index (χ1v) is 6.77. The third-order valence-corrected chi connectivity index (χ3v) is 3.00. The molecule has 0 amide bonds. The molecular formula is C3H7Si3. The minimum Gasteiger partial charge on any atom is -0.0657 e. The Kier molecular flexibility index (Phi) is 4.24. The SMILES string of the molecule is CCC[Si]([Si])[Si]. The van der Waals surface area contributed by atoms with Gasteiger partial charge in [-0.15, -0.1) is 0 Å². The summed E-state index contributed by atoms with van der Waals surface area (Å²) in [4.78, 5) is 0. The molecule has 6 heavy (non-hydrogen) atoms. The van der Waals surface area contributed by atoms with Crippen LogP contribution in [0.3, 0.4) is 0 Å². The Balaban J connectivity index is 2.63. The lowest BCUT2D eigenvalue weighted by Crippen LogP contribution is -2.11. The molecule has 0 aromatic heterocycles. The van der Waals surface area contributed by atoms with Gasteiger partial charge in [-0.3, -0.25) is 0 Å². The Morgan fingerprint density at radius 1 is 1.50 bits per heavy atom. The van der Waals surface area contributed by atoms with Gasteiger partial charge < -0.3 is 0 Å². The van der Waals surface area contributed by atoms with Gasteiger partial charge in [0.15, 0.2) is 0 Å². The van der Waals surface area contributed by atoms with Crippen LogP contribution >= 0.6 is 0 Å². The Bertz CT molecular complexity index is 27.2. The molecule has 0 aromatic rings. The van der Waals surface area contributed by atoms with Crippen molar-refractivity contribution < 1.29 is 0 Å². The molecule has 0 saturated carbocycles. The van der Waals surface area contributed by atoms with E-state index in [9.17, 15) is 0 Å². The highest BCUT2D eigenvalue weighted by Crippen LogP contribution is 1.85. The largest absolute Gasteiger partial charge is 0.0657 e. The second kappa shape index (κ2) is 3.83. The van der Waals surface area contributed by atoms with Gasteiger partial charge in [-0.25, -0.2) is 0 Å². The molecule has 0 heterocycles. The van der Waals surface area contributed by atoms with Gasteiger partial charge in [0, 0.05) is 27.4 Å². The molecule has 0 N–H and O–H groups in total. The van der Waals surface area contributed by atoms with Crippen molar-refractivity contribution >= 4 is 27.4 Å². The lowest BCUT2D eigenvalue weighted by Gasteiger charge is -1.92.